The molecular formula is C5H10V. The summed E-state index contributed by atoms with van der Waals surface area (Å²) in [7, 11) is 0. The van der Waals surface area contributed by atoms with Crippen LogP contribution in [0.1, 0.15) is 13.3 Å². The van der Waals surface area contributed by atoms with E-state index in [9.17, 15) is 0 Å². The molecule has 0 aromatic rings. The van der Waals surface area contributed by atoms with Gasteiger partial charge in [0.2, 0.25) is 0 Å². The van der Waals surface area contributed by atoms with E-state index >= 15 is 0 Å². The molecule has 1 heteroatoms. The van der Waals surface area contributed by atoms with Crippen molar-refractivity contribution in [2.45, 2.75) is 13.3 Å². The molecular weight excluding hydrogens is 111 g/mol. The second-order valence-corrected chi connectivity index (χ2v) is 0.604. The Bertz CT molecular complexity index is 17.9. The minimum Gasteiger partial charge on any atom is -0.504 e. The maximum atomic E-state index is 3.35. The Kier molecular flexibility index (Phi) is 49.8. The van der Waals surface area contributed by atoms with Gasteiger partial charge in [-0.3, -0.25) is 6.58 Å². The van der Waals surface area contributed by atoms with Crippen molar-refractivity contribution in [3.05, 3.63) is 20.1 Å². The van der Waals surface area contributed by atoms with Crippen molar-refractivity contribution in [1.82, 2.24) is 0 Å². The van der Waals surface area contributed by atoms with Gasteiger partial charge in [0, 0.05) is 0 Å². The van der Waals surface area contributed by atoms with Gasteiger partial charge in [-0.05, 0) is 0 Å². The Hall–Kier alpha value is 0.324. The van der Waals surface area contributed by atoms with Crippen LogP contribution in [0.3, 0.4) is 0 Å². The topological polar surface area (TPSA) is 0 Å². The summed E-state index contributed by atoms with van der Waals surface area (Å²) in [4.78, 5) is 0. The molecule has 0 saturated carbocycles. The molecule has 0 aliphatic heterocycles. The zero-order valence-corrected chi connectivity index (χ0v) is 5.76. The fourth-order valence-corrected chi connectivity index (χ4v) is 0. The van der Waals surface area contributed by atoms with Gasteiger partial charge in [0.15, 0.2) is 0 Å². The Morgan fingerprint density at radius 3 is 1.83 bits per heavy atom. The molecule has 0 amide bonds. The molecule has 6 heavy (non-hydrogen) atoms. The van der Waals surface area contributed by atoms with Gasteiger partial charge >= 0.3 is 18.6 Å². The first-order valence-electron chi connectivity index (χ1n) is 1.41. The van der Waals surface area contributed by atoms with Gasteiger partial charge < -0.3 is 13.5 Å². The van der Waals surface area contributed by atoms with Gasteiger partial charge in [-0.1, -0.05) is 6.92 Å². The van der Waals surface area contributed by atoms with Gasteiger partial charge in [-0.15, -0.1) is 0 Å². The summed E-state index contributed by atoms with van der Waals surface area (Å²) in [5.41, 5.74) is 0. The Labute approximate surface area is 52.5 Å². The van der Waals surface area contributed by atoms with E-state index in [1.54, 1.807) is 0 Å². The van der Waals surface area contributed by atoms with Crippen LogP contribution in [0.25, 0.3) is 0 Å². The second-order valence-electron chi connectivity index (χ2n) is 0.604. The van der Waals surface area contributed by atoms with E-state index in [1.165, 1.54) is 0 Å². The third-order valence-corrected chi connectivity index (χ3v) is 0.250. The minimum atomic E-state index is 0. The smallest absolute Gasteiger partial charge is 0.504 e. The molecule has 0 aromatic carbocycles. The summed E-state index contributed by atoms with van der Waals surface area (Å²) in [5, 5.41) is 0. The van der Waals surface area contributed by atoms with E-state index in [4.69, 9.17) is 0 Å². The molecule has 0 atom stereocenters. The second kappa shape index (κ2) is 18.4. The summed E-state index contributed by atoms with van der Waals surface area (Å²) < 4.78 is 0. The standard InChI is InChI=1S/C4H7.CH3.V/c1-3-4-2;;/h1,4H2,2H3;1H3;/q2*-1;+2. The molecule has 0 unspecified atom stereocenters. The number of hydrogen-bond donors (Lipinski definition) is 0. The number of hydrogen-bond acceptors (Lipinski definition) is 0. The van der Waals surface area contributed by atoms with Gasteiger partial charge in [0.1, 0.15) is 0 Å². The van der Waals surface area contributed by atoms with Crippen LogP contribution in [-0.4, -0.2) is 0 Å². The molecule has 0 heterocycles. The number of rotatable bonds is 1. The normalized spacial score (nSPS) is 4.17. The number of allylic oxidation sites excluding steroid dienone is 1. The molecule has 0 rings (SSSR count). The molecule has 0 spiro atoms. The van der Waals surface area contributed by atoms with E-state index in [-0.39, 0.29) is 26.0 Å². The summed E-state index contributed by atoms with van der Waals surface area (Å²) in [5.74, 6) is 0. The third-order valence-electron chi connectivity index (χ3n) is 0.250. The first kappa shape index (κ1) is 16.2. The van der Waals surface area contributed by atoms with Crippen LogP contribution in [0, 0.1) is 13.5 Å². The molecule has 0 bridgehead atoms. The van der Waals surface area contributed by atoms with Gasteiger partial charge in [-0.2, -0.15) is 6.42 Å². The first-order chi connectivity index (χ1) is 1.91. The van der Waals surface area contributed by atoms with Crippen LogP contribution >= 0.6 is 0 Å². The molecule has 1 radical (unpaired) electrons. The monoisotopic (exact) mass is 121 g/mol. The molecule has 0 fully saturated rings. The SMILES string of the molecule is C=[C-]CC.[CH3-].[V+2]. The van der Waals surface area contributed by atoms with E-state index in [2.05, 4.69) is 12.7 Å². The fourth-order valence-electron chi connectivity index (χ4n) is 0. The van der Waals surface area contributed by atoms with Crippen LogP contribution < -0.4 is 0 Å². The largest absolute Gasteiger partial charge is 2.00 e. The van der Waals surface area contributed by atoms with Crippen LogP contribution in [0.4, 0.5) is 0 Å². The molecule has 0 N–H and O–H groups in total. The van der Waals surface area contributed by atoms with E-state index in [0.717, 1.165) is 6.42 Å². The van der Waals surface area contributed by atoms with Crippen molar-refractivity contribution in [3.8, 4) is 0 Å². The zero-order chi connectivity index (χ0) is 3.41. The first-order valence-corrected chi connectivity index (χ1v) is 1.41. The summed E-state index contributed by atoms with van der Waals surface area (Å²) in [6.45, 7) is 5.36. The minimum absolute atomic E-state index is 0. The molecule has 0 aliphatic rings. The average molecular weight is 121 g/mol. The van der Waals surface area contributed by atoms with Crippen molar-refractivity contribution >= 4 is 0 Å². The predicted molar refractivity (Wildman–Crippen MR) is 25.6 cm³/mol. The van der Waals surface area contributed by atoms with Gasteiger partial charge in [-0.25, -0.2) is 0 Å². The Balaban J connectivity index is -0.0000000450. The van der Waals surface area contributed by atoms with Crippen molar-refractivity contribution in [2.75, 3.05) is 0 Å². The fraction of sp³-hybridized carbons (Fsp3) is 0.400. The molecule has 0 aromatic heterocycles. The zero-order valence-electron chi connectivity index (χ0n) is 4.36. The Morgan fingerprint density at radius 1 is 1.67 bits per heavy atom. The molecule has 0 aliphatic carbocycles. The van der Waals surface area contributed by atoms with Crippen LogP contribution in [0.5, 0.6) is 0 Å². The van der Waals surface area contributed by atoms with Crippen molar-refractivity contribution in [1.29, 1.82) is 0 Å². The van der Waals surface area contributed by atoms with E-state index in [1.807, 2.05) is 6.92 Å². The van der Waals surface area contributed by atoms with Gasteiger partial charge in [0.25, 0.3) is 0 Å². The molecule has 35 valence electrons. The van der Waals surface area contributed by atoms with E-state index in [0.29, 0.717) is 0 Å². The van der Waals surface area contributed by atoms with Crippen molar-refractivity contribution in [2.24, 2.45) is 0 Å². The summed E-state index contributed by atoms with van der Waals surface area (Å²) >= 11 is 0. The quantitative estimate of drug-likeness (QED) is 0.464. The summed E-state index contributed by atoms with van der Waals surface area (Å²) in [6.07, 6.45) is 3.64. The van der Waals surface area contributed by atoms with Crippen LogP contribution in [0.2, 0.25) is 0 Å². The van der Waals surface area contributed by atoms with Crippen molar-refractivity contribution < 1.29 is 18.6 Å². The summed E-state index contributed by atoms with van der Waals surface area (Å²) in [6, 6.07) is 0. The maximum absolute atomic E-state index is 3.35. The maximum Gasteiger partial charge on any atom is 2.00 e. The van der Waals surface area contributed by atoms with Crippen molar-refractivity contribution in [3.63, 3.8) is 0 Å². The van der Waals surface area contributed by atoms with Crippen LogP contribution in [-0.2, 0) is 18.6 Å². The van der Waals surface area contributed by atoms with E-state index < -0.39 is 0 Å². The van der Waals surface area contributed by atoms with Crippen LogP contribution in [0.15, 0.2) is 6.58 Å². The van der Waals surface area contributed by atoms with Gasteiger partial charge in [0.05, 0.1) is 0 Å². The molecule has 0 nitrogen and oxygen atoms in total. The predicted octanol–water partition coefficient (Wildman–Crippen LogP) is 1.83. The molecule has 0 saturated heterocycles. The third kappa shape index (κ3) is 27.2. The average Bonchev–Trinajstić information content (AvgIpc) is 1.37. The Morgan fingerprint density at radius 2 is 1.83 bits per heavy atom.